The van der Waals surface area contributed by atoms with Gasteiger partial charge in [-0.15, -0.1) is 0 Å². The van der Waals surface area contributed by atoms with E-state index < -0.39 is 0 Å². The van der Waals surface area contributed by atoms with Crippen molar-refractivity contribution in [2.24, 2.45) is 0 Å². The number of amides is 1. The maximum Gasteiger partial charge on any atom is 0.264 e. The molecule has 2 rings (SSSR count). The van der Waals surface area contributed by atoms with Gasteiger partial charge in [0.05, 0.1) is 27.6 Å². The lowest BCUT2D eigenvalue weighted by molar-refractivity contribution is -0.120. The molecular formula is C17H13Cl3N2O2. The van der Waals surface area contributed by atoms with E-state index in [2.05, 4.69) is 0 Å². The first-order valence-corrected chi connectivity index (χ1v) is 8.16. The number of para-hydroxylation sites is 1. The fourth-order valence-corrected chi connectivity index (χ4v) is 2.59. The number of anilines is 1. The molecule has 0 atom stereocenters. The van der Waals surface area contributed by atoms with Crippen LogP contribution in [-0.2, 0) is 4.79 Å². The van der Waals surface area contributed by atoms with Crippen LogP contribution in [0, 0.1) is 11.3 Å². The third-order valence-electron chi connectivity index (χ3n) is 3.14. The molecule has 2 aromatic rings. The summed E-state index contributed by atoms with van der Waals surface area (Å²) >= 11 is 17.8. The van der Waals surface area contributed by atoms with Crippen LogP contribution in [0.15, 0.2) is 42.5 Å². The maximum absolute atomic E-state index is 12.5. The highest BCUT2D eigenvalue weighted by atomic mass is 35.5. The summed E-state index contributed by atoms with van der Waals surface area (Å²) in [6, 6.07) is 14.0. The monoisotopic (exact) mass is 382 g/mol. The minimum atomic E-state index is -0.293. The number of hydrogen-bond acceptors (Lipinski definition) is 3. The van der Waals surface area contributed by atoms with Crippen molar-refractivity contribution in [2.75, 3.05) is 18.1 Å². The molecule has 0 saturated heterocycles. The van der Waals surface area contributed by atoms with Crippen molar-refractivity contribution in [2.45, 2.75) is 6.42 Å². The molecule has 124 valence electrons. The topological polar surface area (TPSA) is 53.3 Å². The van der Waals surface area contributed by atoms with E-state index in [-0.39, 0.29) is 41.3 Å². The van der Waals surface area contributed by atoms with Crippen molar-refractivity contribution in [3.8, 4) is 11.8 Å². The minimum Gasteiger partial charge on any atom is -0.482 e. The molecule has 4 nitrogen and oxygen atoms in total. The summed E-state index contributed by atoms with van der Waals surface area (Å²) in [4.78, 5) is 14.0. The molecule has 0 aromatic heterocycles. The first-order chi connectivity index (χ1) is 11.5. The van der Waals surface area contributed by atoms with Gasteiger partial charge in [0.25, 0.3) is 5.91 Å². The molecule has 0 aliphatic carbocycles. The molecule has 0 aliphatic rings. The van der Waals surface area contributed by atoms with E-state index in [0.29, 0.717) is 10.7 Å². The van der Waals surface area contributed by atoms with Crippen LogP contribution in [0.3, 0.4) is 0 Å². The van der Waals surface area contributed by atoms with Crippen molar-refractivity contribution in [3.05, 3.63) is 57.5 Å². The first-order valence-electron chi connectivity index (χ1n) is 7.02. The largest absolute Gasteiger partial charge is 0.482 e. The second-order valence-corrected chi connectivity index (χ2v) is 6.00. The van der Waals surface area contributed by atoms with Crippen LogP contribution >= 0.6 is 34.8 Å². The number of nitrogens with zero attached hydrogens (tertiary/aromatic N) is 2. The fraction of sp³-hybridized carbons (Fsp3) is 0.176. The summed E-state index contributed by atoms with van der Waals surface area (Å²) in [6.07, 6.45) is 0.216. The predicted molar refractivity (Wildman–Crippen MR) is 96.0 cm³/mol. The van der Waals surface area contributed by atoms with Crippen LogP contribution in [-0.4, -0.2) is 19.1 Å². The van der Waals surface area contributed by atoms with Crippen molar-refractivity contribution < 1.29 is 9.53 Å². The summed E-state index contributed by atoms with van der Waals surface area (Å²) in [5.74, 6) is -0.0219. The molecule has 0 bridgehead atoms. The Morgan fingerprint density at radius 3 is 2.42 bits per heavy atom. The van der Waals surface area contributed by atoms with Crippen LogP contribution in [0.4, 0.5) is 5.69 Å². The van der Waals surface area contributed by atoms with E-state index in [0.717, 1.165) is 0 Å². The summed E-state index contributed by atoms with van der Waals surface area (Å²) < 4.78 is 5.47. The van der Waals surface area contributed by atoms with Crippen LogP contribution < -0.4 is 9.64 Å². The van der Waals surface area contributed by atoms with E-state index in [4.69, 9.17) is 44.8 Å². The van der Waals surface area contributed by atoms with E-state index in [1.54, 1.807) is 12.1 Å². The van der Waals surface area contributed by atoms with E-state index in [9.17, 15) is 4.79 Å². The van der Waals surface area contributed by atoms with Gasteiger partial charge in [-0.3, -0.25) is 4.79 Å². The van der Waals surface area contributed by atoms with Gasteiger partial charge in [0, 0.05) is 18.3 Å². The highest BCUT2D eigenvalue weighted by molar-refractivity contribution is 6.43. The molecular weight excluding hydrogens is 371 g/mol. The summed E-state index contributed by atoms with van der Waals surface area (Å²) in [7, 11) is 0. The van der Waals surface area contributed by atoms with Gasteiger partial charge in [-0.2, -0.15) is 5.26 Å². The lowest BCUT2D eigenvalue weighted by Gasteiger charge is -2.22. The number of halogens is 3. The van der Waals surface area contributed by atoms with Crippen LogP contribution in [0.1, 0.15) is 6.42 Å². The molecule has 0 radical (unpaired) electrons. The Morgan fingerprint density at radius 1 is 1.08 bits per heavy atom. The number of ether oxygens (including phenoxy) is 1. The molecule has 0 spiro atoms. The maximum atomic E-state index is 12.5. The minimum absolute atomic E-state index is 0.216. The molecule has 0 fully saturated rings. The average Bonchev–Trinajstić information content (AvgIpc) is 2.58. The normalized spacial score (nSPS) is 10.1. The van der Waals surface area contributed by atoms with Gasteiger partial charge in [-0.05, 0) is 18.2 Å². The zero-order valence-electron chi connectivity index (χ0n) is 12.5. The SMILES string of the molecule is N#CCCN(C(=O)COc1cc(Cl)c(Cl)cc1Cl)c1ccccc1. The van der Waals surface area contributed by atoms with E-state index >= 15 is 0 Å². The molecule has 0 heterocycles. The molecule has 0 aliphatic heterocycles. The predicted octanol–water partition coefficient (Wildman–Crippen LogP) is 4.97. The summed E-state index contributed by atoms with van der Waals surface area (Å²) in [5, 5.41) is 9.64. The Hall–Kier alpha value is -1.93. The van der Waals surface area contributed by atoms with Gasteiger partial charge in [0.15, 0.2) is 6.61 Å². The van der Waals surface area contributed by atoms with Crippen LogP contribution in [0.25, 0.3) is 0 Å². The smallest absolute Gasteiger partial charge is 0.264 e. The Kier molecular flexibility index (Phi) is 6.74. The molecule has 0 saturated carbocycles. The van der Waals surface area contributed by atoms with E-state index in [1.807, 2.05) is 24.3 Å². The number of hydrogen-bond donors (Lipinski definition) is 0. The third kappa shape index (κ3) is 4.78. The number of rotatable bonds is 6. The van der Waals surface area contributed by atoms with E-state index in [1.165, 1.54) is 17.0 Å². The van der Waals surface area contributed by atoms with Crippen molar-refractivity contribution >= 4 is 46.4 Å². The third-order valence-corrected chi connectivity index (χ3v) is 4.16. The second kappa shape index (κ2) is 8.79. The van der Waals surface area contributed by atoms with Gasteiger partial charge in [-0.25, -0.2) is 0 Å². The number of nitriles is 1. The highest BCUT2D eigenvalue weighted by Crippen LogP contribution is 2.33. The second-order valence-electron chi connectivity index (χ2n) is 4.77. The Morgan fingerprint density at radius 2 is 1.75 bits per heavy atom. The number of carbonyl (C=O) groups excluding carboxylic acids is 1. The zero-order valence-corrected chi connectivity index (χ0v) is 14.8. The van der Waals surface area contributed by atoms with Crippen molar-refractivity contribution in [1.29, 1.82) is 5.26 Å². The van der Waals surface area contributed by atoms with Crippen molar-refractivity contribution in [1.82, 2.24) is 0 Å². The number of carbonyl (C=O) groups is 1. The lowest BCUT2D eigenvalue weighted by Crippen LogP contribution is -2.35. The van der Waals surface area contributed by atoms with Gasteiger partial charge < -0.3 is 9.64 Å². The average molecular weight is 384 g/mol. The van der Waals surface area contributed by atoms with Gasteiger partial charge in [-0.1, -0.05) is 53.0 Å². The first kappa shape index (κ1) is 18.4. The standard InChI is InChI=1S/C17H13Cl3N2O2/c18-13-9-15(20)16(10-14(13)19)24-11-17(23)22(8-4-7-21)12-5-2-1-3-6-12/h1-3,5-6,9-10H,4,8,11H2. The van der Waals surface area contributed by atoms with Crippen molar-refractivity contribution in [3.63, 3.8) is 0 Å². The van der Waals surface area contributed by atoms with Crippen LogP contribution in [0.5, 0.6) is 5.75 Å². The Bertz CT molecular complexity index is 760. The molecule has 2 aromatic carbocycles. The zero-order chi connectivity index (χ0) is 17.5. The molecule has 24 heavy (non-hydrogen) atoms. The highest BCUT2D eigenvalue weighted by Gasteiger charge is 2.17. The summed E-state index contributed by atoms with van der Waals surface area (Å²) in [5.41, 5.74) is 0.696. The molecule has 1 amide bonds. The van der Waals surface area contributed by atoms with Gasteiger partial charge in [0.2, 0.25) is 0 Å². The Labute approximate surface area is 155 Å². The molecule has 0 unspecified atom stereocenters. The van der Waals surface area contributed by atoms with Crippen LogP contribution in [0.2, 0.25) is 15.1 Å². The summed E-state index contributed by atoms with van der Waals surface area (Å²) in [6.45, 7) is 0.0375. The molecule has 0 N–H and O–H groups in total. The number of benzene rings is 2. The van der Waals surface area contributed by atoms with Gasteiger partial charge >= 0.3 is 0 Å². The molecule has 7 heteroatoms. The Balaban J connectivity index is 2.11. The fourth-order valence-electron chi connectivity index (χ4n) is 2.00. The van der Waals surface area contributed by atoms with Gasteiger partial charge in [0.1, 0.15) is 5.75 Å². The lowest BCUT2D eigenvalue weighted by atomic mass is 10.2. The quantitative estimate of drug-likeness (QED) is 0.662.